The lowest BCUT2D eigenvalue weighted by Crippen LogP contribution is -2.53. The third-order valence-electron chi connectivity index (χ3n) is 9.08. The average molecular weight is 640 g/mol. The number of carbonyl (C=O) groups is 2. The second-order valence-corrected chi connectivity index (χ2v) is 13.5. The van der Waals surface area contributed by atoms with Gasteiger partial charge < -0.3 is 10.0 Å². The molecule has 1 N–H and O–H groups in total. The fourth-order valence-corrected chi connectivity index (χ4v) is 9.35. The van der Waals surface area contributed by atoms with E-state index in [9.17, 15) is 58.2 Å². The van der Waals surface area contributed by atoms with Gasteiger partial charge in [-0.2, -0.15) is 26.3 Å². The molecule has 15 heteroatoms. The molecule has 0 aromatic heterocycles. The Hall–Kier alpha value is -3.23. The van der Waals surface area contributed by atoms with Crippen molar-refractivity contribution < 1.29 is 58.2 Å². The summed E-state index contributed by atoms with van der Waals surface area (Å²) in [4.78, 5) is 26.0. The van der Waals surface area contributed by atoms with Crippen molar-refractivity contribution in [1.29, 1.82) is 0 Å². The molecule has 1 amide bonds. The van der Waals surface area contributed by atoms with Gasteiger partial charge in [0.2, 0.25) is 5.91 Å². The summed E-state index contributed by atoms with van der Waals surface area (Å²) in [7, 11) is -4.60. The fourth-order valence-electron chi connectivity index (χ4n) is 6.98. The van der Waals surface area contributed by atoms with Gasteiger partial charge in [0.15, 0.2) is 9.84 Å². The lowest BCUT2D eigenvalue weighted by Gasteiger charge is -2.43. The lowest BCUT2D eigenvalue weighted by atomic mass is 9.76. The zero-order chi connectivity index (χ0) is 31.8. The molecule has 1 aliphatic heterocycles. The van der Waals surface area contributed by atoms with Crippen LogP contribution in [-0.2, 0) is 36.3 Å². The molecule has 43 heavy (non-hydrogen) atoms. The van der Waals surface area contributed by atoms with E-state index >= 15 is 0 Å². The minimum Gasteiger partial charge on any atom is -0.481 e. The third-order valence-corrected chi connectivity index (χ3v) is 11.6. The monoisotopic (exact) mass is 639 g/mol. The lowest BCUT2D eigenvalue weighted by molar-refractivity contribution is -0.348. The van der Waals surface area contributed by atoms with Crippen molar-refractivity contribution in [3.8, 4) is 0 Å². The fraction of sp³-hybridized carbons (Fsp3) is 0.500. The quantitative estimate of drug-likeness (QED) is 0.329. The van der Waals surface area contributed by atoms with Gasteiger partial charge in [-0.3, -0.25) is 9.59 Å². The Morgan fingerprint density at radius 1 is 0.884 bits per heavy atom. The van der Waals surface area contributed by atoms with Crippen molar-refractivity contribution in [2.24, 2.45) is 11.8 Å². The van der Waals surface area contributed by atoms with Gasteiger partial charge in [-0.15, -0.1) is 0 Å². The number of carboxylic acid groups (broad SMARTS) is 1. The first kappa shape index (κ1) is 31.2. The van der Waals surface area contributed by atoms with Crippen molar-refractivity contribution in [1.82, 2.24) is 4.90 Å². The molecule has 234 valence electrons. The molecule has 2 fully saturated rings. The van der Waals surface area contributed by atoms with Crippen LogP contribution in [0.15, 0.2) is 47.4 Å². The summed E-state index contributed by atoms with van der Waals surface area (Å²) in [6.07, 6.45) is -13.0. The van der Waals surface area contributed by atoms with E-state index in [-0.39, 0.29) is 67.2 Å². The van der Waals surface area contributed by atoms with Crippen molar-refractivity contribution in [2.45, 2.75) is 72.2 Å². The number of amides is 1. The van der Waals surface area contributed by atoms with Crippen LogP contribution in [0.3, 0.4) is 0 Å². The first-order chi connectivity index (χ1) is 19.9. The Morgan fingerprint density at radius 3 is 2.05 bits per heavy atom. The van der Waals surface area contributed by atoms with Crippen molar-refractivity contribution in [3.63, 3.8) is 0 Å². The number of carboxylic acids is 1. The number of halogens is 8. The number of carbonyl (C=O) groups excluding carboxylic acids is 1. The van der Waals surface area contributed by atoms with Crippen LogP contribution in [0.2, 0.25) is 0 Å². The number of benzene rings is 2. The number of hydrogen-bond acceptors (Lipinski definition) is 4. The number of rotatable bonds is 5. The van der Waals surface area contributed by atoms with Gasteiger partial charge in [-0.1, -0.05) is 18.2 Å². The molecular formula is C28H25F8NO5S. The topological polar surface area (TPSA) is 91.8 Å². The number of likely N-dealkylation sites (tertiary alicyclic amines) is 1. The Kier molecular flexibility index (Phi) is 7.37. The highest BCUT2D eigenvalue weighted by molar-refractivity contribution is 7.92. The summed E-state index contributed by atoms with van der Waals surface area (Å²) in [6, 6.07) is 3.95. The molecular weight excluding hydrogens is 614 g/mol. The number of hydrogen-bond donors (Lipinski definition) is 1. The number of nitrogens with zero attached hydrogens (tertiary/aromatic N) is 1. The Morgan fingerprint density at radius 2 is 1.49 bits per heavy atom. The largest absolute Gasteiger partial charge is 0.481 e. The zero-order valence-electron chi connectivity index (χ0n) is 22.2. The first-order valence-electron chi connectivity index (χ1n) is 13.4. The van der Waals surface area contributed by atoms with Crippen LogP contribution >= 0.6 is 0 Å². The summed E-state index contributed by atoms with van der Waals surface area (Å²) in [5, 5.41) is 9.35. The van der Waals surface area contributed by atoms with Crippen LogP contribution in [0.25, 0.3) is 0 Å². The molecule has 0 radical (unpaired) electrons. The molecule has 1 saturated heterocycles. The molecule has 1 heterocycles. The standard InChI is InChI=1S/C28H25F8NO5S/c29-19-5-7-20(8-6-19)43(41,42)25-11-12-37(23(38)16-1-2-17(13-16)24(39)40)22(25)10-3-15-14-18(4-9-21(15)25)26(30,27(31,32)33)28(34,35)36/h4-9,14,16-17,22H,1-3,10-13H2,(H,39,40)/t16?,17?,22-,25-/m1/s1. The summed E-state index contributed by atoms with van der Waals surface area (Å²) >= 11 is 0. The maximum atomic E-state index is 14.9. The van der Waals surface area contributed by atoms with Crippen molar-refractivity contribution >= 4 is 21.7 Å². The van der Waals surface area contributed by atoms with E-state index in [1.807, 2.05) is 0 Å². The normalized spacial score (nSPS) is 26.2. The van der Waals surface area contributed by atoms with Crippen molar-refractivity contribution in [2.75, 3.05) is 6.54 Å². The van der Waals surface area contributed by atoms with Gasteiger partial charge in [0.1, 0.15) is 10.6 Å². The van der Waals surface area contributed by atoms with E-state index in [2.05, 4.69) is 0 Å². The Balaban J connectivity index is 1.65. The maximum absolute atomic E-state index is 14.9. The van der Waals surface area contributed by atoms with E-state index in [1.165, 1.54) is 4.90 Å². The number of alkyl halides is 7. The molecule has 5 rings (SSSR count). The third kappa shape index (κ3) is 4.60. The van der Waals surface area contributed by atoms with Crippen LogP contribution in [0.1, 0.15) is 48.8 Å². The summed E-state index contributed by atoms with van der Waals surface area (Å²) in [5.41, 5.74) is -7.91. The Bertz CT molecular complexity index is 1540. The molecule has 0 spiro atoms. The van der Waals surface area contributed by atoms with Crippen LogP contribution in [0.4, 0.5) is 35.1 Å². The highest BCUT2D eigenvalue weighted by Gasteiger charge is 2.74. The van der Waals surface area contributed by atoms with E-state index in [1.54, 1.807) is 0 Å². The maximum Gasteiger partial charge on any atom is 0.435 e. The molecule has 3 aliphatic rings. The minimum absolute atomic E-state index is 0.0303. The van der Waals surface area contributed by atoms with Crippen LogP contribution < -0.4 is 0 Å². The molecule has 1 saturated carbocycles. The molecule has 4 atom stereocenters. The highest BCUT2D eigenvalue weighted by atomic mass is 32.2. The summed E-state index contributed by atoms with van der Waals surface area (Å²) < 4.78 is 136. The van der Waals surface area contributed by atoms with Gasteiger partial charge in [0, 0.05) is 18.0 Å². The Labute approximate surface area is 240 Å². The minimum atomic E-state index is -6.37. The summed E-state index contributed by atoms with van der Waals surface area (Å²) in [5.74, 6) is -3.83. The van der Waals surface area contributed by atoms with Gasteiger partial charge in [0.05, 0.1) is 16.9 Å². The SMILES string of the molecule is O=C(O)C1CCC(C(=O)N2CC[C@@]3(S(=O)(=O)c4ccc(F)cc4)c4ccc(C(F)(C(F)(F)F)C(F)(F)F)cc4CC[C@@H]23)C1. The number of aryl methyl sites for hydroxylation is 1. The molecule has 0 bridgehead atoms. The van der Waals surface area contributed by atoms with E-state index in [0.29, 0.717) is 6.07 Å². The van der Waals surface area contributed by atoms with Crippen LogP contribution in [0, 0.1) is 17.7 Å². The number of fused-ring (bicyclic) bond motifs is 3. The number of aliphatic carboxylic acids is 1. The van der Waals surface area contributed by atoms with Gasteiger partial charge in [-0.05, 0) is 73.9 Å². The van der Waals surface area contributed by atoms with Crippen molar-refractivity contribution in [3.05, 3.63) is 65.0 Å². The predicted molar refractivity (Wildman–Crippen MR) is 134 cm³/mol. The number of sulfone groups is 1. The summed E-state index contributed by atoms with van der Waals surface area (Å²) in [6.45, 7) is -0.155. The van der Waals surface area contributed by atoms with Gasteiger partial charge in [-0.25, -0.2) is 17.2 Å². The smallest absolute Gasteiger partial charge is 0.435 e. The zero-order valence-corrected chi connectivity index (χ0v) is 23.0. The molecule has 2 aliphatic carbocycles. The van der Waals surface area contributed by atoms with E-state index in [4.69, 9.17) is 0 Å². The highest BCUT2D eigenvalue weighted by Crippen LogP contribution is 2.57. The average Bonchev–Trinajstić information content (AvgIpc) is 3.58. The van der Waals surface area contributed by atoms with Gasteiger partial charge in [0.25, 0.3) is 0 Å². The predicted octanol–water partition coefficient (Wildman–Crippen LogP) is 5.83. The van der Waals surface area contributed by atoms with Crippen LogP contribution in [-0.4, -0.2) is 55.2 Å². The first-order valence-corrected chi connectivity index (χ1v) is 14.8. The molecule has 6 nitrogen and oxygen atoms in total. The molecule has 2 unspecified atom stereocenters. The molecule has 2 aromatic rings. The van der Waals surface area contributed by atoms with Gasteiger partial charge >= 0.3 is 24.0 Å². The molecule has 2 aromatic carbocycles. The van der Waals surface area contributed by atoms with Crippen LogP contribution in [0.5, 0.6) is 0 Å². The van der Waals surface area contributed by atoms with E-state index < -0.39 is 73.7 Å². The second kappa shape index (κ2) is 10.2. The van der Waals surface area contributed by atoms with E-state index in [0.717, 1.165) is 30.3 Å². The second-order valence-electron chi connectivity index (χ2n) is 11.3.